The molecule has 0 aliphatic heterocycles. The molecule has 0 bridgehead atoms. The molecular formula is C23H27N3O2S. The minimum absolute atomic E-state index is 0.0478. The number of aryl methyl sites for hydroxylation is 1. The number of nitrogens with one attached hydrogen (secondary N) is 1. The number of benzene rings is 2. The van der Waals surface area contributed by atoms with Gasteiger partial charge in [0.15, 0.2) is 5.16 Å². The van der Waals surface area contributed by atoms with Gasteiger partial charge in [0, 0.05) is 6.54 Å². The first-order valence-corrected chi connectivity index (χ1v) is 11.0. The van der Waals surface area contributed by atoms with Crippen LogP contribution in [0, 0.1) is 5.92 Å². The molecule has 3 aromatic rings. The van der Waals surface area contributed by atoms with E-state index in [-0.39, 0.29) is 17.2 Å². The number of thioether (sulfide) groups is 1. The second-order valence-electron chi connectivity index (χ2n) is 7.36. The lowest BCUT2D eigenvalue weighted by Gasteiger charge is -2.16. The fraction of sp³-hybridized carbons (Fsp3) is 0.348. The van der Waals surface area contributed by atoms with E-state index in [4.69, 9.17) is 4.98 Å². The predicted molar refractivity (Wildman–Crippen MR) is 120 cm³/mol. The van der Waals surface area contributed by atoms with Gasteiger partial charge in [0.2, 0.25) is 5.91 Å². The highest BCUT2D eigenvalue weighted by Gasteiger charge is 2.16. The van der Waals surface area contributed by atoms with Crippen LogP contribution in [-0.4, -0.2) is 27.8 Å². The van der Waals surface area contributed by atoms with Gasteiger partial charge in [-0.3, -0.25) is 14.2 Å². The first-order chi connectivity index (χ1) is 14.0. The van der Waals surface area contributed by atoms with Crippen LogP contribution in [0.1, 0.15) is 32.8 Å². The number of para-hydroxylation sites is 2. The molecule has 6 heteroatoms. The Bertz CT molecular complexity index is 1060. The van der Waals surface area contributed by atoms with Crippen LogP contribution >= 0.6 is 11.8 Å². The SMILES string of the molecule is CCc1ccccc1-n1c(SCC(=O)NCCC(C)C)nc2ccccc2c1=O. The summed E-state index contributed by atoms with van der Waals surface area (Å²) in [4.78, 5) is 30.3. The van der Waals surface area contributed by atoms with Crippen molar-refractivity contribution in [1.82, 2.24) is 14.9 Å². The lowest BCUT2D eigenvalue weighted by atomic mass is 10.1. The maximum atomic E-state index is 13.3. The Morgan fingerprint density at radius 1 is 1.14 bits per heavy atom. The first kappa shape index (κ1) is 21.1. The Morgan fingerprint density at radius 3 is 2.62 bits per heavy atom. The summed E-state index contributed by atoms with van der Waals surface area (Å²) in [6, 6.07) is 15.2. The molecular weight excluding hydrogens is 382 g/mol. The second kappa shape index (κ2) is 9.74. The number of carbonyl (C=O) groups excluding carboxylic acids is 1. The standard InChI is InChI=1S/C23H27N3O2S/c1-4-17-9-5-8-12-20(17)26-22(28)18-10-6-7-11-19(18)25-23(26)29-15-21(27)24-14-13-16(2)3/h5-12,16H,4,13-15H2,1-3H3,(H,24,27). The normalized spacial score (nSPS) is 11.2. The summed E-state index contributed by atoms with van der Waals surface area (Å²) < 4.78 is 1.65. The number of nitrogens with zero attached hydrogens (tertiary/aromatic N) is 2. The zero-order valence-electron chi connectivity index (χ0n) is 17.1. The third kappa shape index (κ3) is 5.07. The Labute approximate surface area is 175 Å². The lowest BCUT2D eigenvalue weighted by molar-refractivity contribution is -0.118. The van der Waals surface area contributed by atoms with Gasteiger partial charge in [-0.05, 0) is 42.5 Å². The van der Waals surface area contributed by atoms with Crippen molar-refractivity contribution in [2.75, 3.05) is 12.3 Å². The quantitative estimate of drug-likeness (QED) is 0.447. The fourth-order valence-corrected chi connectivity index (χ4v) is 3.97. The van der Waals surface area contributed by atoms with Gasteiger partial charge in [-0.2, -0.15) is 0 Å². The summed E-state index contributed by atoms with van der Waals surface area (Å²) in [5.41, 5.74) is 2.42. The van der Waals surface area contributed by atoms with E-state index in [0.29, 0.717) is 28.5 Å². The third-order valence-electron chi connectivity index (χ3n) is 4.73. The molecule has 0 unspecified atom stereocenters. The summed E-state index contributed by atoms with van der Waals surface area (Å²) >= 11 is 1.30. The molecule has 0 aliphatic carbocycles. The van der Waals surface area contributed by atoms with Crippen LogP contribution in [0.4, 0.5) is 0 Å². The van der Waals surface area contributed by atoms with E-state index in [9.17, 15) is 9.59 Å². The summed E-state index contributed by atoms with van der Waals surface area (Å²) in [6.07, 6.45) is 1.74. The topological polar surface area (TPSA) is 64.0 Å². The Kier molecular flexibility index (Phi) is 7.09. The van der Waals surface area contributed by atoms with Gasteiger partial charge in [-0.15, -0.1) is 0 Å². The average molecular weight is 410 g/mol. The predicted octanol–water partition coefficient (Wildman–Crippen LogP) is 4.20. The molecule has 1 aromatic heterocycles. The van der Waals surface area contributed by atoms with Gasteiger partial charge in [0.05, 0.1) is 22.3 Å². The van der Waals surface area contributed by atoms with Crippen molar-refractivity contribution in [3.63, 3.8) is 0 Å². The van der Waals surface area contributed by atoms with Crippen LogP contribution in [0.2, 0.25) is 0 Å². The van der Waals surface area contributed by atoms with E-state index in [1.165, 1.54) is 11.8 Å². The lowest BCUT2D eigenvalue weighted by Crippen LogP contribution is -2.28. The first-order valence-electron chi connectivity index (χ1n) is 10.0. The van der Waals surface area contributed by atoms with Crippen LogP contribution in [0.15, 0.2) is 58.5 Å². The Balaban J connectivity index is 1.97. The molecule has 0 saturated heterocycles. The molecule has 1 amide bonds. The third-order valence-corrected chi connectivity index (χ3v) is 5.67. The number of rotatable bonds is 8. The molecule has 152 valence electrons. The van der Waals surface area contributed by atoms with E-state index in [2.05, 4.69) is 26.1 Å². The Morgan fingerprint density at radius 2 is 1.86 bits per heavy atom. The van der Waals surface area contributed by atoms with Gasteiger partial charge >= 0.3 is 0 Å². The molecule has 0 fully saturated rings. The van der Waals surface area contributed by atoms with Gasteiger partial charge < -0.3 is 5.32 Å². The van der Waals surface area contributed by atoms with Crippen LogP contribution in [0.25, 0.3) is 16.6 Å². The number of hydrogen-bond donors (Lipinski definition) is 1. The fourth-order valence-electron chi connectivity index (χ4n) is 3.13. The van der Waals surface area contributed by atoms with Crippen molar-refractivity contribution in [3.05, 3.63) is 64.4 Å². The number of hydrogen-bond acceptors (Lipinski definition) is 4. The van der Waals surface area contributed by atoms with Crippen molar-refractivity contribution in [2.45, 2.75) is 38.8 Å². The van der Waals surface area contributed by atoms with Crippen molar-refractivity contribution in [3.8, 4) is 5.69 Å². The van der Waals surface area contributed by atoms with Crippen molar-refractivity contribution < 1.29 is 4.79 Å². The molecule has 1 heterocycles. The molecule has 3 rings (SSSR count). The summed E-state index contributed by atoms with van der Waals surface area (Å²) in [5, 5.41) is 4.05. The molecule has 0 aliphatic rings. The highest BCUT2D eigenvalue weighted by atomic mass is 32.2. The molecule has 5 nitrogen and oxygen atoms in total. The number of aromatic nitrogens is 2. The van der Waals surface area contributed by atoms with Crippen molar-refractivity contribution >= 4 is 28.6 Å². The molecule has 1 N–H and O–H groups in total. The molecule has 0 spiro atoms. The summed E-state index contributed by atoms with van der Waals surface area (Å²) in [6.45, 7) is 6.98. The smallest absolute Gasteiger partial charge is 0.266 e. The second-order valence-corrected chi connectivity index (χ2v) is 8.30. The van der Waals surface area contributed by atoms with Crippen LogP contribution in [-0.2, 0) is 11.2 Å². The highest BCUT2D eigenvalue weighted by Crippen LogP contribution is 2.23. The van der Waals surface area contributed by atoms with E-state index in [1.807, 2.05) is 42.5 Å². The van der Waals surface area contributed by atoms with E-state index < -0.39 is 0 Å². The number of carbonyl (C=O) groups is 1. The summed E-state index contributed by atoms with van der Waals surface area (Å²) in [5.74, 6) is 0.714. The summed E-state index contributed by atoms with van der Waals surface area (Å²) in [7, 11) is 0. The van der Waals surface area contributed by atoms with Crippen molar-refractivity contribution in [1.29, 1.82) is 0 Å². The Hall–Kier alpha value is -2.60. The molecule has 0 saturated carbocycles. The maximum absolute atomic E-state index is 13.3. The minimum Gasteiger partial charge on any atom is -0.355 e. The minimum atomic E-state index is -0.112. The number of fused-ring (bicyclic) bond motifs is 1. The molecule has 29 heavy (non-hydrogen) atoms. The number of amides is 1. The van der Waals surface area contributed by atoms with Crippen LogP contribution in [0.3, 0.4) is 0 Å². The largest absolute Gasteiger partial charge is 0.355 e. The molecule has 2 aromatic carbocycles. The molecule has 0 radical (unpaired) electrons. The van der Waals surface area contributed by atoms with E-state index >= 15 is 0 Å². The average Bonchev–Trinajstić information content (AvgIpc) is 2.72. The molecule has 0 atom stereocenters. The van der Waals surface area contributed by atoms with Crippen LogP contribution in [0.5, 0.6) is 0 Å². The highest BCUT2D eigenvalue weighted by molar-refractivity contribution is 7.99. The van der Waals surface area contributed by atoms with Gasteiger partial charge in [0.1, 0.15) is 0 Å². The monoisotopic (exact) mass is 409 g/mol. The van der Waals surface area contributed by atoms with Crippen LogP contribution < -0.4 is 10.9 Å². The van der Waals surface area contributed by atoms with E-state index in [0.717, 1.165) is 24.1 Å². The van der Waals surface area contributed by atoms with E-state index in [1.54, 1.807) is 10.6 Å². The maximum Gasteiger partial charge on any atom is 0.266 e. The van der Waals surface area contributed by atoms with Crippen molar-refractivity contribution in [2.24, 2.45) is 5.92 Å². The van der Waals surface area contributed by atoms with Gasteiger partial charge in [0.25, 0.3) is 5.56 Å². The van der Waals surface area contributed by atoms with Gasteiger partial charge in [-0.1, -0.05) is 62.9 Å². The zero-order valence-corrected chi connectivity index (χ0v) is 18.0. The zero-order chi connectivity index (χ0) is 20.8. The van der Waals surface area contributed by atoms with Gasteiger partial charge in [-0.25, -0.2) is 4.98 Å².